The summed E-state index contributed by atoms with van der Waals surface area (Å²) in [6.07, 6.45) is 0. The van der Waals surface area contributed by atoms with Gasteiger partial charge in [0.2, 0.25) is 0 Å². The molecule has 2 rings (SSSR count). The predicted molar refractivity (Wildman–Crippen MR) is 94.8 cm³/mol. The standard InChI is InChI=1S/C16H20BrNS2/c1-10(2)12-4-6-13(7-5-12)19-16(11(3)18)14-8-9-15(17)20-14/h4-11,16H,18H2,1-3H3. The minimum Gasteiger partial charge on any atom is -0.327 e. The predicted octanol–water partition coefficient (Wildman–Crippen LogP) is 5.81. The monoisotopic (exact) mass is 369 g/mol. The Kier molecular flexibility index (Phi) is 5.73. The Labute approximate surface area is 138 Å². The Hall–Kier alpha value is -0.290. The Morgan fingerprint density at radius 1 is 1.05 bits per heavy atom. The molecule has 4 heteroatoms. The van der Waals surface area contributed by atoms with Crippen molar-refractivity contribution < 1.29 is 0 Å². The van der Waals surface area contributed by atoms with Gasteiger partial charge in [0.05, 0.1) is 9.04 Å². The third kappa shape index (κ3) is 4.10. The highest BCUT2D eigenvalue weighted by Gasteiger charge is 2.19. The van der Waals surface area contributed by atoms with Gasteiger partial charge >= 0.3 is 0 Å². The van der Waals surface area contributed by atoms with E-state index in [2.05, 4.69) is 73.1 Å². The quantitative estimate of drug-likeness (QED) is 0.672. The summed E-state index contributed by atoms with van der Waals surface area (Å²) in [5, 5.41) is 0.302. The maximum absolute atomic E-state index is 6.17. The van der Waals surface area contributed by atoms with Gasteiger partial charge in [-0.3, -0.25) is 0 Å². The van der Waals surface area contributed by atoms with Gasteiger partial charge in [0, 0.05) is 15.8 Å². The van der Waals surface area contributed by atoms with Gasteiger partial charge in [0.1, 0.15) is 0 Å². The average Bonchev–Trinajstić information content (AvgIpc) is 2.82. The van der Waals surface area contributed by atoms with Gasteiger partial charge in [0.25, 0.3) is 0 Å². The second-order valence-corrected chi connectivity index (χ2v) is 8.97. The highest BCUT2D eigenvalue weighted by molar-refractivity contribution is 9.11. The number of hydrogen-bond donors (Lipinski definition) is 1. The normalized spacial score (nSPS) is 14.5. The Bertz CT molecular complexity index is 546. The van der Waals surface area contributed by atoms with E-state index in [1.807, 2.05) is 11.8 Å². The molecule has 2 N–H and O–H groups in total. The van der Waals surface area contributed by atoms with E-state index in [1.165, 1.54) is 15.3 Å². The third-order valence-corrected chi connectivity index (χ3v) is 6.50. The average molecular weight is 370 g/mol. The number of halogens is 1. The zero-order valence-corrected chi connectivity index (χ0v) is 15.2. The molecule has 20 heavy (non-hydrogen) atoms. The summed E-state index contributed by atoms with van der Waals surface area (Å²) in [6, 6.07) is 13.2. The van der Waals surface area contributed by atoms with Crippen LogP contribution in [0.4, 0.5) is 0 Å². The maximum Gasteiger partial charge on any atom is 0.0701 e. The molecule has 2 unspecified atom stereocenters. The molecule has 1 heterocycles. The van der Waals surface area contributed by atoms with Crippen LogP contribution in [0.2, 0.25) is 0 Å². The number of nitrogens with two attached hydrogens (primary N) is 1. The van der Waals surface area contributed by atoms with Crippen molar-refractivity contribution in [2.75, 3.05) is 0 Å². The van der Waals surface area contributed by atoms with Crippen molar-refractivity contribution in [2.24, 2.45) is 5.73 Å². The molecule has 0 aliphatic rings. The van der Waals surface area contributed by atoms with Crippen molar-refractivity contribution in [1.29, 1.82) is 0 Å². The molecule has 0 spiro atoms. The van der Waals surface area contributed by atoms with Gasteiger partial charge in [-0.15, -0.1) is 23.1 Å². The first-order valence-electron chi connectivity index (χ1n) is 6.75. The molecular formula is C16H20BrNS2. The molecule has 2 aromatic rings. The Morgan fingerprint density at radius 3 is 2.15 bits per heavy atom. The molecule has 0 aliphatic carbocycles. The zero-order valence-electron chi connectivity index (χ0n) is 12.0. The zero-order chi connectivity index (χ0) is 14.7. The first kappa shape index (κ1) is 16.1. The van der Waals surface area contributed by atoms with E-state index in [4.69, 9.17) is 5.73 Å². The molecule has 0 bridgehead atoms. The summed E-state index contributed by atoms with van der Waals surface area (Å²) in [5.74, 6) is 0.575. The van der Waals surface area contributed by atoms with Crippen LogP contribution in [0.1, 0.15) is 42.4 Å². The number of hydrogen-bond acceptors (Lipinski definition) is 3. The van der Waals surface area contributed by atoms with Crippen molar-refractivity contribution >= 4 is 39.0 Å². The molecule has 0 aliphatic heterocycles. The van der Waals surface area contributed by atoms with Gasteiger partial charge in [-0.25, -0.2) is 0 Å². The van der Waals surface area contributed by atoms with Gasteiger partial charge in [-0.05, 0) is 58.6 Å². The first-order valence-corrected chi connectivity index (χ1v) is 9.23. The summed E-state index contributed by atoms with van der Waals surface area (Å²) in [4.78, 5) is 2.60. The summed E-state index contributed by atoms with van der Waals surface area (Å²) < 4.78 is 1.16. The summed E-state index contributed by atoms with van der Waals surface area (Å²) in [6.45, 7) is 6.51. The molecule has 1 aromatic carbocycles. The molecule has 0 saturated carbocycles. The maximum atomic E-state index is 6.17. The molecule has 2 atom stereocenters. The molecule has 108 valence electrons. The smallest absolute Gasteiger partial charge is 0.0701 e. The van der Waals surface area contributed by atoms with Gasteiger partial charge in [0.15, 0.2) is 0 Å². The van der Waals surface area contributed by atoms with E-state index in [-0.39, 0.29) is 6.04 Å². The van der Waals surface area contributed by atoms with Crippen LogP contribution in [0, 0.1) is 0 Å². The first-order chi connectivity index (χ1) is 9.47. The van der Waals surface area contributed by atoms with Crippen molar-refractivity contribution in [2.45, 2.75) is 42.9 Å². The fraction of sp³-hybridized carbons (Fsp3) is 0.375. The van der Waals surface area contributed by atoms with E-state index in [0.29, 0.717) is 11.2 Å². The molecular weight excluding hydrogens is 350 g/mol. The van der Waals surface area contributed by atoms with E-state index >= 15 is 0 Å². The molecule has 1 nitrogen and oxygen atoms in total. The lowest BCUT2D eigenvalue weighted by molar-refractivity contribution is 0.730. The van der Waals surface area contributed by atoms with Crippen LogP contribution in [0.15, 0.2) is 45.1 Å². The van der Waals surface area contributed by atoms with Crippen LogP contribution in [-0.4, -0.2) is 6.04 Å². The topological polar surface area (TPSA) is 26.0 Å². The van der Waals surface area contributed by atoms with Crippen molar-refractivity contribution in [3.8, 4) is 0 Å². The molecule has 0 fully saturated rings. The van der Waals surface area contributed by atoms with Gasteiger partial charge in [-0.2, -0.15) is 0 Å². The summed E-state index contributed by atoms with van der Waals surface area (Å²) in [5.41, 5.74) is 7.55. The summed E-state index contributed by atoms with van der Waals surface area (Å²) in [7, 11) is 0. The number of thioether (sulfide) groups is 1. The lowest BCUT2D eigenvalue weighted by Crippen LogP contribution is -2.21. The lowest BCUT2D eigenvalue weighted by atomic mass is 10.0. The van der Waals surface area contributed by atoms with Crippen LogP contribution in [0.25, 0.3) is 0 Å². The highest BCUT2D eigenvalue weighted by Crippen LogP contribution is 2.41. The van der Waals surface area contributed by atoms with Crippen LogP contribution in [0.3, 0.4) is 0 Å². The van der Waals surface area contributed by atoms with E-state index in [1.54, 1.807) is 11.3 Å². The highest BCUT2D eigenvalue weighted by atomic mass is 79.9. The molecule has 0 amide bonds. The second kappa shape index (κ2) is 7.12. The van der Waals surface area contributed by atoms with Crippen molar-refractivity contribution in [3.05, 3.63) is 50.6 Å². The van der Waals surface area contributed by atoms with Crippen LogP contribution >= 0.6 is 39.0 Å². The van der Waals surface area contributed by atoms with Crippen molar-refractivity contribution in [3.63, 3.8) is 0 Å². The minimum atomic E-state index is 0.121. The van der Waals surface area contributed by atoms with E-state index in [0.717, 1.165) is 3.79 Å². The van der Waals surface area contributed by atoms with Crippen molar-refractivity contribution in [1.82, 2.24) is 0 Å². The number of rotatable bonds is 5. The van der Waals surface area contributed by atoms with E-state index < -0.39 is 0 Å². The number of benzene rings is 1. The fourth-order valence-corrected chi connectivity index (χ4v) is 4.79. The van der Waals surface area contributed by atoms with Crippen LogP contribution in [0.5, 0.6) is 0 Å². The minimum absolute atomic E-state index is 0.121. The van der Waals surface area contributed by atoms with Crippen LogP contribution in [-0.2, 0) is 0 Å². The molecule has 0 radical (unpaired) electrons. The fourth-order valence-electron chi connectivity index (χ4n) is 1.98. The second-order valence-electron chi connectivity index (χ2n) is 5.26. The Balaban J connectivity index is 2.16. The number of thiophene rings is 1. The third-order valence-electron chi connectivity index (χ3n) is 3.16. The summed E-state index contributed by atoms with van der Waals surface area (Å²) >= 11 is 7.14. The van der Waals surface area contributed by atoms with Crippen LogP contribution < -0.4 is 5.73 Å². The van der Waals surface area contributed by atoms with Gasteiger partial charge < -0.3 is 5.73 Å². The Morgan fingerprint density at radius 2 is 1.70 bits per heavy atom. The SMILES string of the molecule is CC(C)c1ccc(SC(c2ccc(Br)s2)C(C)N)cc1. The van der Waals surface area contributed by atoms with Gasteiger partial charge in [-0.1, -0.05) is 26.0 Å². The largest absolute Gasteiger partial charge is 0.327 e. The molecule has 0 saturated heterocycles. The molecule has 1 aromatic heterocycles. The lowest BCUT2D eigenvalue weighted by Gasteiger charge is -2.19. The van der Waals surface area contributed by atoms with E-state index in [9.17, 15) is 0 Å².